The number of hydrogen-bond donors (Lipinski definition) is 0. The van der Waals surface area contributed by atoms with Gasteiger partial charge in [0, 0.05) is 0 Å². The Morgan fingerprint density at radius 1 is 1.24 bits per heavy atom. The highest BCUT2D eigenvalue weighted by atomic mass is 19.1. The summed E-state index contributed by atoms with van der Waals surface area (Å²) >= 11 is 0. The zero-order valence-corrected chi connectivity index (χ0v) is 13.5. The lowest BCUT2D eigenvalue weighted by Crippen LogP contribution is -2.01. The van der Waals surface area contributed by atoms with Crippen LogP contribution in [0, 0.1) is 24.1 Å². The normalized spacial score (nSPS) is 10.8. The first-order valence-corrected chi connectivity index (χ1v) is 7.61. The Hall–Kier alpha value is -3.52. The van der Waals surface area contributed by atoms with Gasteiger partial charge in [-0.3, -0.25) is 4.79 Å². The van der Waals surface area contributed by atoms with Gasteiger partial charge in [0.2, 0.25) is 0 Å². The molecule has 4 nitrogen and oxygen atoms in total. The molecule has 0 spiro atoms. The first kappa shape index (κ1) is 16.3. The molecule has 0 aliphatic carbocycles. The van der Waals surface area contributed by atoms with Crippen molar-refractivity contribution >= 4 is 11.9 Å². The van der Waals surface area contributed by atoms with Gasteiger partial charge in [0.15, 0.2) is 5.78 Å². The Labute approximate surface area is 144 Å². The quantitative estimate of drug-likeness (QED) is 0.534. The number of benzene rings is 2. The number of hydrogen-bond acceptors (Lipinski definition) is 3. The van der Waals surface area contributed by atoms with Crippen LogP contribution in [0.15, 0.2) is 60.8 Å². The lowest BCUT2D eigenvalue weighted by Gasteiger charge is -2.04. The topological polar surface area (TPSA) is 58.7 Å². The number of allylic oxidation sites excluding steroid dienone is 1. The van der Waals surface area contributed by atoms with E-state index in [0.717, 1.165) is 5.56 Å². The van der Waals surface area contributed by atoms with Crippen LogP contribution in [0.4, 0.5) is 4.39 Å². The third-order valence-electron chi connectivity index (χ3n) is 3.79. The van der Waals surface area contributed by atoms with E-state index in [1.165, 1.54) is 24.4 Å². The number of aromatic nitrogens is 2. The minimum absolute atomic E-state index is 0.187. The van der Waals surface area contributed by atoms with E-state index < -0.39 is 0 Å². The SMILES string of the molecule is Cc1c(C(=O)C=Cc2cccc(C#N)c2)cnn1-c1ccc(F)cc1. The Balaban J connectivity index is 1.84. The van der Waals surface area contributed by atoms with E-state index >= 15 is 0 Å². The van der Waals surface area contributed by atoms with Crippen molar-refractivity contribution in [2.75, 3.05) is 0 Å². The summed E-state index contributed by atoms with van der Waals surface area (Å²) in [6.07, 6.45) is 4.62. The van der Waals surface area contributed by atoms with Crippen molar-refractivity contribution in [3.05, 3.63) is 89.0 Å². The average Bonchev–Trinajstić information content (AvgIpc) is 3.02. The van der Waals surface area contributed by atoms with Crippen LogP contribution >= 0.6 is 0 Å². The summed E-state index contributed by atoms with van der Waals surface area (Å²) in [5.74, 6) is -0.513. The average molecular weight is 331 g/mol. The number of halogens is 1. The number of rotatable bonds is 4. The van der Waals surface area contributed by atoms with Crippen LogP contribution in [-0.4, -0.2) is 15.6 Å². The summed E-state index contributed by atoms with van der Waals surface area (Å²) in [4.78, 5) is 12.4. The second-order valence-electron chi connectivity index (χ2n) is 5.47. The summed E-state index contributed by atoms with van der Waals surface area (Å²) in [5, 5.41) is 13.1. The van der Waals surface area contributed by atoms with Crippen molar-refractivity contribution in [3.8, 4) is 11.8 Å². The van der Waals surface area contributed by atoms with Crippen molar-refractivity contribution in [3.63, 3.8) is 0 Å². The summed E-state index contributed by atoms with van der Waals surface area (Å²) in [7, 11) is 0. The minimum Gasteiger partial charge on any atom is -0.289 e. The molecule has 0 unspecified atom stereocenters. The molecule has 3 rings (SSSR count). The molecule has 5 heteroatoms. The largest absolute Gasteiger partial charge is 0.289 e. The molecule has 0 amide bonds. The van der Waals surface area contributed by atoms with Gasteiger partial charge in [-0.25, -0.2) is 9.07 Å². The van der Waals surface area contributed by atoms with Crippen LogP contribution in [0.2, 0.25) is 0 Å². The smallest absolute Gasteiger partial charge is 0.189 e. The summed E-state index contributed by atoms with van der Waals surface area (Å²) < 4.78 is 14.6. The summed E-state index contributed by atoms with van der Waals surface area (Å²) in [5.41, 5.74) is 3.14. The third kappa shape index (κ3) is 3.54. The minimum atomic E-state index is -0.326. The Morgan fingerprint density at radius 3 is 2.72 bits per heavy atom. The predicted octanol–water partition coefficient (Wildman–Crippen LogP) is 4.09. The fourth-order valence-corrected chi connectivity index (χ4v) is 2.47. The second-order valence-corrected chi connectivity index (χ2v) is 5.47. The molecule has 0 aliphatic rings. The monoisotopic (exact) mass is 331 g/mol. The van der Waals surface area contributed by atoms with Gasteiger partial charge >= 0.3 is 0 Å². The lowest BCUT2D eigenvalue weighted by atomic mass is 10.1. The molecule has 122 valence electrons. The van der Waals surface area contributed by atoms with Gasteiger partial charge in [0.25, 0.3) is 0 Å². The second kappa shape index (κ2) is 6.93. The lowest BCUT2D eigenvalue weighted by molar-refractivity contribution is 0.104. The molecule has 25 heavy (non-hydrogen) atoms. The maximum Gasteiger partial charge on any atom is 0.189 e. The molecular weight excluding hydrogens is 317 g/mol. The zero-order valence-electron chi connectivity index (χ0n) is 13.5. The van der Waals surface area contributed by atoms with Crippen LogP contribution in [0.1, 0.15) is 27.2 Å². The molecular formula is C20H14FN3O. The zero-order chi connectivity index (χ0) is 17.8. The highest BCUT2D eigenvalue weighted by Crippen LogP contribution is 2.16. The Bertz CT molecular complexity index is 995. The van der Waals surface area contributed by atoms with E-state index in [4.69, 9.17) is 5.26 Å². The van der Waals surface area contributed by atoms with E-state index in [2.05, 4.69) is 11.2 Å². The van der Waals surface area contributed by atoms with Crippen LogP contribution in [0.3, 0.4) is 0 Å². The molecule has 3 aromatic rings. The third-order valence-corrected chi connectivity index (χ3v) is 3.79. The Kier molecular flexibility index (Phi) is 4.53. The van der Waals surface area contributed by atoms with E-state index in [1.54, 1.807) is 48.0 Å². The molecule has 1 aromatic heterocycles. The molecule has 0 radical (unpaired) electrons. The van der Waals surface area contributed by atoms with Gasteiger partial charge in [-0.1, -0.05) is 18.2 Å². The molecule has 0 fully saturated rings. The number of nitrogens with zero attached hydrogens (tertiary/aromatic N) is 3. The van der Waals surface area contributed by atoms with E-state index in [-0.39, 0.29) is 11.6 Å². The predicted molar refractivity (Wildman–Crippen MR) is 92.8 cm³/mol. The fraction of sp³-hybridized carbons (Fsp3) is 0.0500. The summed E-state index contributed by atoms with van der Waals surface area (Å²) in [6.45, 7) is 1.79. The fourth-order valence-electron chi connectivity index (χ4n) is 2.47. The van der Waals surface area contributed by atoms with Crippen LogP contribution in [-0.2, 0) is 0 Å². The number of carbonyl (C=O) groups excluding carboxylic acids is 1. The molecule has 1 heterocycles. The van der Waals surface area contributed by atoms with Crippen LogP contribution in [0.25, 0.3) is 11.8 Å². The van der Waals surface area contributed by atoms with Gasteiger partial charge in [-0.15, -0.1) is 0 Å². The van der Waals surface area contributed by atoms with Crippen molar-refractivity contribution in [2.24, 2.45) is 0 Å². The van der Waals surface area contributed by atoms with Gasteiger partial charge in [0.05, 0.1) is 34.8 Å². The van der Waals surface area contributed by atoms with Crippen molar-refractivity contribution in [1.82, 2.24) is 9.78 Å². The van der Waals surface area contributed by atoms with E-state index in [9.17, 15) is 9.18 Å². The molecule has 2 aromatic carbocycles. The molecule has 0 aliphatic heterocycles. The van der Waals surface area contributed by atoms with Gasteiger partial charge in [0.1, 0.15) is 5.82 Å². The standard InChI is InChI=1S/C20H14FN3O/c1-14-19(13-23-24(14)18-8-6-17(21)7-9-18)20(25)10-5-15-3-2-4-16(11-15)12-22/h2-11,13H,1H3. The molecule has 0 atom stereocenters. The molecule has 0 saturated carbocycles. The van der Waals surface area contributed by atoms with Crippen molar-refractivity contribution < 1.29 is 9.18 Å². The number of nitriles is 1. The maximum absolute atomic E-state index is 13.0. The van der Waals surface area contributed by atoms with E-state index in [1.807, 2.05) is 6.07 Å². The number of carbonyl (C=O) groups is 1. The van der Waals surface area contributed by atoms with Crippen LogP contribution < -0.4 is 0 Å². The van der Waals surface area contributed by atoms with Gasteiger partial charge in [-0.2, -0.15) is 10.4 Å². The van der Waals surface area contributed by atoms with Crippen LogP contribution in [0.5, 0.6) is 0 Å². The van der Waals surface area contributed by atoms with E-state index in [0.29, 0.717) is 22.5 Å². The van der Waals surface area contributed by atoms with Gasteiger partial charge in [-0.05, 0) is 55.0 Å². The summed E-state index contributed by atoms with van der Waals surface area (Å²) in [6, 6.07) is 15.0. The van der Waals surface area contributed by atoms with Gasteiger partial charge < -0.3 is 0 Å². The molecule has 0 bridgehead atoms. The first-order valence-electron chi connectivity index (χ1n) is 7.61. The Morgan fingerprint density at radius 2 is 2.00 bits per heavy atom. The maximum atomic E-state index is 13.0. The molecule has 0 saturated heterocycles. The van der Waals surface area contributed by atoms with Crippen molar-refractivity contribution in [2.45, 2.75) is 6.92 Å². The highest BCUT2D eigenvalue weighted by Gasteiger charge is 2.13. The highest BCUT2D eigenvalue weighted by molar-refractivity contribution is 6.07. The van der Waals surface area contributed by atoms with Crippen molar-refractivity contribution in [1.29, 1.82) is 5.26 Å². The first-order chi connectivity index (χ1) is 12.1. The molecule has 0 N–H and O–H groups in total. The number of ketones is 1.